The number of aliphatic hydroxyl groups is 2. The van der Waals surface area contributed by atoms with E-state index in [4.69, 9.17) is 10.5 Å². The van der Waals surface area contributed by atoms with Crippen LogP contribution in [-0.4, -0.2) is 38.9 Å². The van der Waals surface area contributed by atoms with Crippen molar-refractivity contribution >= 4 is 0 Å². The number of benzene rings is 2. The summed E-state index contributed by atoms with van der Waals surface area (Å²) in [6.45, 7) is 3.52. The molecule has 0 amide bonds. The average Bonchev–Trinajstić information content (AvgIpc) is 2.81. The molecule has 6 nitrogen and oxygen atoms in total. The molecule has 0 saturated heterocycles. The van der Waals surface area contributed by atoms with Crippen molar-refractivity contribution in [3.8, 4) is 22.9 Å². The molecule has 0 aliphatic rings. The lowest BCUT2D eigenvalue weighted by Gasteiger charge is -2.24. The van der Waals surface area contributed by atoms with Crippen LogP contribution in [0.25, 0.3) is 11.4 Å². The van der Waals surface area contributed by atoms with Gasteiger partial charge in [0.05, 0.1) is 18.8 Å². The zero-order chi connectivity index (χ0) is 21.1. The number of rotatable bonds is 8. The highest BCUT2D eigenvalue weighted by Gasteiger charge is 2.22. The summed E-state index contributed by atoms with van der Waals surface area (Å²) in [4.78, 5) is 8.45. The molecule has 0 spiro atoms. The molecule has 29 heavy (non-hydrogen) atoms. The SMILES string of the molecule is CC.NC(CO)(CO)CCc1ccc(Oc2ccc(-c3ncccn3)cc2)cc1. The van der Waals surface area contributed by atoms with Crippen molar-refractivity contribution in [2.24, 2.45) is 5.73 Å². The Kier molecular flexibility index (Phi) is 8.73. The van der Waals surface area contributed by atoms with Gasteiger partial charge in [0, 0.05) is 18.0 Å². The van der Waals surface area contributed by atoms with Gasteiger partial charge in [-0.3, -0.25) is 0 Å². The van der Waals surface area contributed by atoms with E-state index < -0.39 is 5.54 Å². The van der Waals surface area contributed by atoms with Crippen LogP contribution in [-0.2, 0) is 6.42 Å². The van der Waals surface area contributed by atoms with Crippen molar-refractivity contribution < 1.29 is 14.9 Å². The van der Waals surface area contributed by atoms with Crippen LogP contribution in [0.5, 0.6) is 11.5 Å². The average molecular weight is 396 g/mol. The zero-order valence-corrected chi connectivity index (χ0v) is 17.0. The van der Waals surface area contributed by atoms with E-state index in [1.807, 2.05) is 62.4 Å². The fraction of sp³-hybridized carbons (Fsp3) is 0.304. The van der Waals surface area contributed by atoms with E-state index in [-0.39, 0.29) is 13.2 Å². The van der Waals surface area contributed by atoms with E-state index in [2.05, 4.69) is 9.97 Å². The van der Waals surface area contributed by atoms with Crippen LogP contribution in [0.4, 0.5) is 0 Å². The number of aromatic nitrogens is 2. The number of aryl methyl sites for hydroxylation is 1. The lowest BCUT2D eigenvalue weighted by molar-refractivity contribution is 0.115. The third-order valence-electron chi connectivity index (χ3n) is 4.38. The zero-order valence-electron chi connectivity index (χ0n) is 17.0. The topological polar surface area (TPSA) is 101 Å². The van der Waals surface area contributed by atoms with E-state index in [9.17, 15) is 10.2 Å². The number of hydrogen-bond acceptors (Lipinski definition) is 6. The number of aliphatic hydroxyl groups excluding tert-OH is 2. The minimum absolute atomic E-state index is 0.241. The van der Waals surface area contributed by atoms with Gasteiger partial charge >= 0.3 is 0 Å². The molecular weight excluding hydrogens is 366 g/mol. The minimum atomic E-state index is -0.945. The Labute approximate surface area is 172 Å². The molecule has 0 saturated carbocycles. The first kappa shape index (κ1) is 22.5. The molecular formula is C23H29N3O3. The summed E-state index contributed by atoms with van der Waals surface area (Å²) in [5, 5.41) is 18.5. The van der Waals surface area contributed by atoms with Crippen molar-refractivity contribution in [1.82, 2.24) is 9.97 Å². The van der Waals surface area contributed by atoms with Crippen LogP contribution in [0.2, 0.25) is 0 Å². The molecule has 4 N–H and O–H groups in total. The second kappa shape index (κ2) is 11.3. The van der Waals surface area contributed by atoms with Crippen molar-refractivity contribution in [3.05, 3.63) is 72.6 Å². The maximum Gasteiger partial charge on any atom is 0.159 e. The van der Waals surface area contributed by atoms with Crippen molar-refractivity contribution in [2.75, 3.05) is 13.2 Å². The lowest BCUT2D eigenvalue weighted by Crippen LogP contribution is -2.47. The van der Waals surface area contributed by atoms with Gasteiger partial charge in [-0.25, -0.2) is 9.97 Å². The van der Waals surface area contributed by atoms with Gasteiger partial charge in [-0.05, 0) is 60.9 Å². The van der Waals surface area contributed by atoms with Crippen molar-refractivity contribution in [2.45, 2.75) is 32.2 Å². The highest BCUT2D eigenvalue weighted by molar-refractivity contribution is 5.56. The molecule has 1 heterocycles. The molecule has 2 aromatic carbocycles. The largest absolute Gasteiger partial charge is 0.457 e. The van der Waals surface area contributed by atoms with Crippen LogP contribution in [0.1, 0.15) is 25.8 Å². The van der Waals surface area contributed by atoms with E-state index in [1.165, 1.54) is 0 Å². The maximum atomic E-state index is 9.25. The smallest absolute Gasteiger partial charge is 0.159 e. The Hall–Kier alpha value is -2.80. The second-order valence-electron chi connectivity index (χ2n) is 6.52. The molecule has 0 fully saturated rings. The van der Waals surface area contributed by atoms with Gasteiger partial charge in [0.25, 0.3) is 0 Å². The number of hydrogen-bond donors (Lipinski definition) is 3. The van der Waals surface area contributed by atoms with Crippen molar-refractivity contribution in [3.63, 3.8) is 0 Å². The summed E-state index contributed by atoms with van der Waals surface area (Å²) in [7, 11) is 0. The number of nitrogens with zero attached hydrogens (tertiary/aromatic N) is 2. The van der Waals surface area contributed by atoms with E-state index >= 15 is 0 Å². The van der Waals surface area contributed by atoms with Gasteiger partial charge in [0.1, 0.15) is 11.5 Å². The van der Waals surface area contributed by atoms with Gasteiger partial charge in [0.2, 0.25) is 0 Å². The fourth-order valence-corrected chi connectivity index (χ4v) is 2.58. The fourth-order valence-electron chi connectivity index (χ4n) is 2.58. The lowest BCUT2D eigenvalue weighted by atomic mass is 9.94. The van der Waals surface area contributed by atoms with Crippen LogP contribution in [0.15, 0.2) is 67.0 Å². The monoisotopic (exact) mass is 395 g/mol. The molecule has 0 radical (unpaired) electrons. The van der Waals surface area contributed by atoms with Crippen LogP contribution in [0.3, 0.4) is 0 Å². The first-order valence-electron chi connectivity index (χ1n) is 9.77. The molecule has 1 aromatic heterocycles. The highest BCUT2D eigenvalue weighted by Crippen LogP contribution is 2.25. The molecule has 6 heteroatoms. The molecule has 3 rings (SSSR count). The Morgan fingerprint density at radius 1 is 0.862 bits per heavy atom. The summed E-state index contributed by atoms with van der Waals surface area (Å²) in [5.74, 6) is 2.13. The molecule has 0 aliphatic heterocycles. The van der Waals surface area contributed by atoms with Crippen molar-refractivity contribution in [1.29, 1.82) is 0 Å². The normalized spacial score (nSPS) is 10.8. The Morgan fingerprint density at radius 3 is 1.90 bits per heavy atom. The third kappa shape index (κ3) is 6.64. The molecule has 0 bridgehead atoms. The van der Waals surface area contributed by atoms with Crippen LogP contribution in [0, 0.1) is 0 Å². The summed E-state index contributed by atoms with van der Waals surface area (Å²) in [6, 6.07) is 17.1. The first-order chi connectivity index (χ1) is 14.1. The Morgan fingerprint density at radius 2 is 1.38 bits per heavy atom. The Balaban J connectivity index is 0.00000145. The molecule has 0 unspecified atom stereocenters. The van der Waals surface area contributed by atoms with Crippen LogP contribution >= 0.6 is 0 Å². The summed E-state index contributed by atoms with van der Waals surface area (Å²) < 4.78 is 5.87. The summed E-state index contributed by atoms with van der Waals surface area (Å²) >= 11 is 0. The molecule has 154 valence electrons. The standard InChI is InChI=1S/C21H23N3O3.C2H6/c22-21(14-25,15-26)11-10-16-2-6-18(7-3-16)27-19-8-4-17(5-9-19)20-23-12-1-13-24-20;1-2/h1-9,12-13,25-26H,10-11,14-15,22H2;1-2H3. The minimum Gasteiger partial charge on any atom is -0.457 e. The van der Waals surface area contributed by atoms with Gasteiger partial charge in [-0.1, -0.05) is 26.0 Å². The molecule has 3 aromatic rings. The highest BCUT2D eigenvalue weighted by atomic mass is 16.5. The summed E-state index contributed by atoms with van der Waals surface area (Å²) in [5.41, 5.74) is 6.94. The van der Waals surface area contributed by atoms with Gasteiger partial charge in [-0.2, -0.15) is 0 Å². The van der Waals surface area contributed by atoms with E-state index in [1.54, 1.807) is 18.5 Å². The number of ether oxygens (including phenoxy) is 1. The quantitative estimate of drug-likeness (QED) is 0.539. The number of nitrogens with two attached hydrogens (primary N) is 1. The summed E-state index contributed by atoms with van der Waals surface area (Å²) in [6.07, 6.45) is 4.60. The van der Waals surface area contributed by atoms with E-state index in [0.717, 1.165) is 22.6 Å². The predicted molar refractivity (Wildman–Crippen MR) is 115 cm³/mol. The van der Waals surface area contributed by atoms with Gasteiger partial charge in [0.15, 0.2) is 5.82 Å². The van der Waals surface area contributed by atoms with Gasteiger partial charge in [-0.15, -0.1) is 0 Å². The van der Waals surface area contributed by atoms with E-state index in [0.29, 0.717) is 18.7 Å². The Bertz CT molecular complexity index is 834. The predicted octanol–water partition coefficient (Wildman–Crippen LogP) is 3.58. The maximum absolute atomic E-state index is 9.25. The van der Waals surface area contributed by atoms with Gasteiger partial charge < -0.3 is 20.7 Å². The van der Waals surface area contributed by atoms with Crippen LogP contribution < -0.4 is 10.5 Å². The third-order valence-corrected chi connectivity index (χ3v) is 4.38. The second-order valence-corrected chi connectivity index (χ2v) is 6.52. The molecule has 0 aliphatic carbocycles. The molecule has 0 atom stereocenters. The first-order valence-corrected chi connectivity index (χ1v) is 9.77.